The number of anilines is 15. The van der Waals surface area contributed by atoms with Crippen LogP contribution in [0, 0.1) is 0 Å². The molecule has 0 N–H and O–H groups in total. The Balaban J connectivity index is 0.000000164. The molecular weight excluding hydrogens is 1600 g/mol. The van der Waals surface area contributed by atoms with Crippen molar-refractivity contribution in [3.63, 3.8) is 0 Å². The van der Waals surface area contributed by atoms with Gasteiger partial charge in [0.2, 0.25) is 0 Å². The SMILES string of the molecule is CC(C)(C)c1ccc(N2c3cc(N(c4ccccc4)c4ccccc4)cc4c3B3c5c2cccc5[Si](c2ccccc2)(c2ccccc2)c2cccc(c23)N4c2ccc(C(C)(C)C)cc2)cc1.CC(C)(C)c1ccc(N2c3cccc(c3)[Si](c3ccccc3)(c3ccccc3)c3cccc(c3)N(c3ccc(C(C)(C)C)cc3)c3cc(Cl)cc2c3Br)cc1. The molecule has 0 atom stereocenters. The molecule has 0 radical (unpaired) electrons. The molecule has 0 saturated carbocycles. The van der Waals surface area contributed by atoms with Crippen LogP contribution in [0.3, 0.4) is 0 Å². The molecule has 0 unspecified atom stereocenters. The van der Waals surface area contributed by atoms with Crippen LogP contribution in [0.25, 0.3) is 0 Å². The van der Waals surface area contributed by atoms with Crippen LogP contribution < -0.4 is 82.4 Å². The number of fused-ring (bicyclic) bond motifs is 6. The second kappa shape index (κ2) is 31.0. The zero-order chi connectivity index (χ0) is 84.2. The maximum atomic E-state index is 7.21. The van der Waals surface area contributed by atoms with E-state index in [4.69, 9.17) is 11.6 Å². The van der Waals surface area contributed by atoms with Gasteiger partial charge in [-0.1, -0.05) is 349 Å². The van der Waals surface area contributed by atoms with Gasteiger partial charge in [-0.3, -0.25) is 0 Å². The molecule has 0 aromatic heterocycles. The average molecular weight is 1700 g/mol. The van der Waals surface area contributed by atoms with E-state index in [1.54, 1.807) is 0 Å². The number of nitrogens with zero attached hydrogens (tertiary/aromatic N) is 5. The quantitative estimate of drug-likeness (QED) is 0.120. The van der Waals surface area contributed by atoms with Gasteiger partial charge < -0.3 is 24.5 Å². The molecule has 0 aliphatic carbocycles. The van der Waals surface area contributed by atoms with Crippen LogP contribution in [0.2, 0.25) is 5.02 Å². The Hall–Kier alpha value is -12.2. The van der Waals surface area contributed by atoms with Gasteiger partial charge in [0.05, 0.1) is 21.5 Å². The molecule has 0 fully saturated rings. The van der Waals surface area contributed by atoms with Crippen LogP contribution in [0.1, 0.15) is 105 Å². The Morgan fingerprint density at radius 1 is 0.246 bits per heavy atom. The van der Waals surface area contributed by atoms with E-state index < -0.39 is 16.1 Å². The molecule has 0 saturated heterocycles. The van der Waals surface area contributed by atoms with E-state index in [1.807, 2.05) is 0 Å². The highest BCUT2D eigenvalue weighted by Gasteiger charge is 2.57. The van der Waals surface area contributed by atoms with Crippen LogP contribution in [0.5, 0.6) is 0 Å². The van der Waals surface area contributed by atoms with Crippen LogP contribution in [0.4, 0.5) is 85.3 Å². The molecule has 4 aliphatic rings. The first-order chi connectivity index (χ1) is 58.9. The largest absolute Gasteiger partial charge is 0.311 e. The summed E-state index contributed by atoms with van der Waals surface area (Å²) in [7, 11) is -5.88. The van der Waals surface area contributed by atoms with Crippen molar-refractivity contribution in [3.05, 3.63) is 420 Å². The molecule has 16 aromatic rings. The van der Waals surface area contributed by atoms with E-state index in [9.17, 15) is 0 Å². The van der Waals surface area contributed by atoms with Gasteiger partial charge in [-0.25, -0.2) is 0 Å². The molecule has 4 heterocycles. The molecule has 16 aromatic carbocycles. The summed E-state index contributed by atoms with van der Waals surface area (Å²) in [6, 6.07) is 146. The van der Waals surface area contributed by atoms with Crippen molar-refractivity contribution in [2.75, 3.05) is 24.5 Å². The first-order valence-electron chi connectivity index (χ1n) is 42.8. The summed E-state index contributed by atoms with van der Waals surface area (Å²) in [4.78, 5) is 12.4. The Morgan fingerprint density at radius 2 is 0.533 bits per heavy atom. The Bertz CT molecular complexity index is 6180. The third kappa shape index (κ3) is 13.7. The van der Waals surface area contributed by atoms with Gasteiger partial charge in [0.1, 0.15) is 0 Å². The van der Waals surface area contributed by atoms with Crippen LogP contribution in [-0.2, 0) is 21.7 Å². The Morgan fingerprint density at radius 3 is 0.852 bits per heavy atom. The van der Waals surface area contributed by atoms with Crippen molar-refractivity contribution in [2.45, 2.75) is 105 Å². The maximum absolute atomic E-state index is 7.21. The number of para-hydroxylation sites is 2. The van der Waals surface area contributed by atoms with Gasteiger partial charge in [-0.05, 0) is 251 Å². The number of hydrogen-bond donors (Lipinski definition) is 0. The predicted octanol–water partition coefficient (Wildman–Crippen LogP) is 23.9. The number of halogens is 2. The predicted molar refractivity (Wildman–Crippen MR) is 533 cm³/mol. The third-order valence-electron chi connectivity index (χ3n) is 25.6. The summed E-state index contributed by atoms with van der Waals surface area (Å²) in [6.07, 6.45) is 0. The van der Waals surface area contributed by atoms with Crippen molar-refractivity contribution in [1.82, 2.24) is 0 Å². The lowest BCUT2D eigenvalue weighted by atomic mass is 9.33. The fourth-order valence-corrected chi connectivity index (χ4v) is 30.5. The molecule has 0 amide bonds. The van der Waals surface area contributed by atoms with Crippen molar-refractivity contribution in [2.24, 2.45) is 0 Å². The minimum atomic E-state index is -2.96. The van der Waals surface area contributed by atoms with Gasteiger partial charge in [-0.15, -0.1) is 0 Å². The zero-order valence-electron chi connectivity index (χ0n) is 71.5. The van der Waals surface area contributed by atoms with E-state index >= 15 is 0 Å². The van der Waals surface area contributed by atoms with E-state index in [-0.39, 0.29) is 28.4 Å². The van der Waals surface area contributed by atoms with Gasteiger partial charge in [-0.2, -0.15) is 0 Å². The van der Waals surface area contributed by atoms with E-state index in [0.29, 0.717) is 5.02 Å². The number of rotatable bonds is 11. The fraction of sp³-hybridized carbons (Fsp3) is 0.143. The van der Waals surface area contributed by atoms with E-state index in [1.165, 1.54) is 103 Å². The summed E-state index contributed by atoms with van der Waals surface area (Å²) in [5.74, 6) is 0. The fourth-order valence-electron chi connectivity index (χ4n) is 19.6. The first-order valence-corrected chi connectivity index (χ1v) is 48.0. The third-order valence-corrected chi connectivity index (χ3v) is 36.2. The maximum Gasteiger partial charge on any atom is 0.251 e. The summed E-state index contributed by atoms with van der Waals surface area (Å²) in [5, 5.41) is 11.7. The molecule has 4 aliphatic heterocycles. The molecule has 122 heavy (non-hydrogen) atoms. The molecule has 20 rings (SSSR count). The highest BCUT2D eigenvalue weighted by atomic mass is 79.9. The minimum Gasteiger partial charge on any atom is -0.311 e. The van der Waals surface area contributed by atoms with Crippen molar-refractivity contribution in [1.29, 1.82) is 0 Å². The zero-order valence-corrected chi connectivity index (χ0v) is 75.9. The molecule has 598 valence electrons. The van der Waals surface area contributed by atoms with Gasteiger partial charge in [0.25, 0.3) is 6.71 Å². The summed E-state index contributed by atoms with van der Waals surface area (Å²) < 4.78 is 0.947. The number of hydrogen-bond acceptors (Lipinski definition) is 5. The lowest BCUT2D eigenvalue weighted by molar-refractivity contribution is 0.590. The average Bonchev–Trinajstić information content (AvgIpc) is 0.660. The normalized spacial score (nSPS) is 14.0. The second-order valence-corrected chi connectivity index (χ2v) is 45.9. The lowest BCUT2D eigenvalue weighted by Gasteiger charge is -2.51. The highest BCUT2D eigenvalue weighted by Crippen LogP contribution is 2.52. The summed E-state index contributed by atoms with van der Waals surface area (Å²) in [5.41, 5.74) is 26.2. The topological polar surface area (TPSA) is 16.2 Å². The lowest BCUT2D eigenvalue weighted by Crippen LogP contribution is -2.88. The first kappa shape index (κ1) is 79.6. The number of benzene rings is 16. The molecule has 5 nitrogen and oxygen atoms in total. The summed E-state index contributed by atoms with van der Waals surface area (Å²) in [6.45, 7) is 27.4. The van der Waals surface area contributed by atoms with Gasteiger partial charge in [0, 0.05) is 73.3 Å². The Labute approximate surface area is 737 Å². The highest BCUT2D eigenvalue weighted by molar-refractivity contribution is 9.10. The molecule has 0 spiro atoms. The van der Waals surface area contributed by atoms with Gasteiger partial charge >= 0.3 is 0 Å². The monoisotopic (exact) mass is 1700 g/mol. The summed E-state index contributed by atoms with van der Waals surface area (Å²) >= 11 is 11.4. The molecule has 6 bridgehead atoms. The van der Waals surface area contributed by atoms with Crippen molar-refractivity contribution in [3.8, 4) is 0 Å². The van der Waals surface area contributed by atoms with E-state index in [2.05, 4.69) is 512 Å². The Kier molecular flexibility index (Phi) is 20.2. The minimum absolute atomic E-state index is 0.00148. The molecular formula is C112H100BBrClN5Si2. The van der Waals surface area contributed by atoms with Crippen molar-refractivity contribution >= 4 is 194 Å². The standard InChI is InChI=1S/C62H54BN3Si.C50H46BrClN2Si/c1-61(2,3)43-33-37-47(38-34-43)65-52-29-19-31-56-59(52)63-58-54(65)41-49(64(45-21-11-7-12-22-45)46-23-13-8-14-24-46)42-55(58)66(48-39-35-44(36-40-48)62(4,5)6)53-30-20-32-57(60(53)63)67(56,50-25-15-9-16-26-50)51-27-17-10-18-28-51;1-49(2,3)35-23-27-38(28-24-35)53-40-15-13-21-44(33-40)55(42-17-9-7-10-18-42,43-19-11-8-12-20-43)45-22-14-16-41(34-45)54(47-32-37(52)31-46(53)48(47)51)39-29-25-36(26-30-39)50(4,5)6/h7-42H,1-6H3;7-34H,1-6H3. The smallest absolute Gasteiger partial charge is 0.251 e. The molecule has 10 heteroatoms. The van der Waals surface area contributed by atoms with E-state index in [0.717, 1.165) is 67.0 Å². The van der Waals surface area contributed by atoms with Crippen LogP contribution in [-0.4, -0.2) is 22.9 Å². The second-order valence-electron chi connectivity index (χ2n) is 37.2. The van der Waals surface area contributed by atoms with Crippen molar-refractivity contribution < 1.29 is 0 Å². The van der Waals surface area contributed by atoms with Crippen LogP contribution in [0.15, 0.2) is 393 Å². The van der Waals surface area contributed by atoms with Crippen LogP contribution >= 0.6 is 27.5 Å². The van der Waals surface area contributed by atoms with Gasteiger partial charge in [0.15, 0.2) is 16.1 Å².